The van der Waals surface area contributed by atoms with Crippen molar-refractivity contribution in [2.75, 3.05) is 0 Å². The molecule has 3 rings (SSSR count). The Morgan fingerprint density at radius 3 is 2.84 bits per heavy atom. The smallest absolute Gasteiger partial charge is 0.335 e. The SMILES string of the molecule is O=C(O)c1ccc2c(ccn2CCn2ccnc2)c1. The Morgan fingerprint density at radius 2 is 2.11 bits per heavy atom. The summed E-state index contributed by atoms with van der Waals surface area (Å²) in [7, 11) is 0. The molecule has 1 N–H and O–H groups in total. The number of aryl methyl sites for hydroxylation is 2. The molecule has 0 amide bonds. The fraction of sp³-hybridized carbons (Fsp3) is 0.143. The zero-order valence-corrected chi connectivity index (χ0v) is 10.2. The summed E-state index contributed by atoms with van der Waals surface area (Å²) in [5.41, 5.74) is 1.37. The van der Waals surface area contributed by atoms with Gasteiger partial charge in [-0.1, -0.05) is 0 Å². The van der Waals surface area contributed by atoms with Crippen LogP contribution in [0.4, 0.5) is 0 Å². The summed E-state index contributed by atoms with van der Waals surface area (Å²) in [6.07, 6.45) is 7.45. The summed E-state index contributed by atoms with van der Waals surface area (Å²) in [5.74, 6) is -0.895. The van der Waals surface area contributed by atoms with Crippen molar-refractivity contribution in [2.24, 2.45) is 0 Å². The van der Waals surface area contributed by atoms with Gasteiger partial charge < -0.3 is 14.2 Å². The minimum atomic E-state index is -0.895. The van der Waals surface area contributed by atoms with Crippen LogP contribution in [-0.4, -0.2) is 25.2 Å². The molecule has 0 aliphatic rings. The lowest BCUT2D eigenvalue weighted by atomic mass is 10.1. The molecule has 1 aromatic carbocycles. The number of hydrogen-bond donors (Lipinski definition) is 1. The Hall–Kier alpha value is -2.56. The van der Waals surface area contributed by atoms with Crippen molar-refractivity contribution in [3.63, 3.8) is 0 Å². The number of nitrogens with zero attached hydrogens (tertiary/aromatic N) is 3. The van der Waals surface area contributed by atoms with Gasteiger partial charge in [0.15, 0.2) is 0 Å². The average molecular weight is 255 g/mol. The van der Waals surface area contributed by atoms with Gasteiger partial charge in [-0.15, -0.1) is 0 Å². The predicted molar refractivity (Wildman–Crippen MR) is 71.1 cm³/mol. The van der Waals surface area contributed by atoms with E-state index in [0.29, 0.717) is 5.56 Å². The fourth-order valence-corrected chi connectivity index (χ4v) is 2.17. The lowest BCUT2D eigenvalue weighted by Crippen LogP contribution is -2.04. The summed E-state index contributed by atoms with van der Waals surface area (Å²) in [6.45, 7) is 1.66. The van der Waals surface area contributed by atoms with Gasteiger partial charge in [0.05, 0.1) is 11.9 Å². The average Bonchev–Trinajstić information content (AvgIpc) is 3.05. The molecule has 0 atom stereocenters. The molecule has 0 saturated carbocycles. The Kier molecular flexibility index (Phi) is 2.79. The van der Waals surface area contributed by atoms with Gasteiger partial charge in [-0.05, 0) is 24.3 Å². The Labute approximate surface area is 109 Å². The number of aromatic carboxylic acids is 1. The Bertz CT molecular complexity index is 713. The number of rotatable bonds is 4. The number of fused-ring (bicyclic) bond motifs is 1. The van der Waals surface area contributed by atoms with E-state index < -0.39 is 5.97 Å². The van der Waals surface area contributed by atoms with Gasteiger partial charge in [-0.2, -0.15) is 0 Å². The molecule has 0 bridgehead atoms. The monoisotopic (exact) mass is 255 g/mol. The van der Waals surface area contributed by atoms with Crippen LogP contribution in [0, 0.1) is 0 Å². The van der Waals surface area contributed by atoms with Gasteiger partial charge in [-0.25, -0.2) is 9.78 Å². The molecule has 2 aromatic heterocycles. The molecule has 19 heavy (non-hydrogen) atoms. The first-order valence-electron chi connectivity index (χ1n) is 6.02. The van der Waals surface area contributed by atoms with Crippen LogP contribution in [0.1, 0.15) is 10.4 Å². The maximum atomic E-state index is 10.9. The fourth-order valence-electron chi connectivity index (χ4n) is 2.17. The molecular formula is C14H13N3O2. The third-order valence-corrected chi connectivity index (χ3v) is 3.18. The molecule has 0 aliphatic heterocycles. The van der Waals surface area contributed by atoms with Crippen LogP contribution in [0.15, 0.2) is 49.2 Å². The summed E-state index contributed by atoms with van der Waals surface area (Å²) < 4.78 is 4.12. The molecule has 5 nitrogen and oxygen atoms in total. The van der Waals surface area contributed by atoms with Crippen molar-refractivity contribution in [1.82, 2.24) is 14.1 Å². The quantitative estimate of drug-likeness (QED) is 0.777. The number of benzene rings is 1. The van der Waals surface area contributed by atoms with Crippen LogP contribution in [0.2, 0.25) is 0 Å². The van der Waals surface area contributed by atoms with E-state index >= 15 is 0 Å². The Morgan fingerprint density at radius 1 is 1.21 bits per heavy atom. The highest BCUT2D eigenvalue weighted by Gasteiger charge is 2.06. The van der Waals surface area contributed by atoms with Crippen molar-refractivity contribution in [3.8, 4) is 0 Å². The molecule has 96 valence electrons. The number of imidazole rings is 1. The molecule has 0 unspecified atom stereocenters. The van der Waals surface area contributed by atoms with Gasteiger partial charge >= 0.3 is 5.97 Å². The van der Waals surface area contributed by atoms with Gasteiger partial charge in [0.25, 0.3) is 0 Å². The molecule has 0 aliphatic carbocycles. The topological polar surface area (TPSA) is 60.0 Å². The summed E-state index contributed by atoms with van der Waals surface area (Å²) in [5, 5.41) is 9.91. The van der Waals surface area contributed by atoms with Gasteiger partial charge in [0.2, 0.25) is 0 Å². The highest BCUT2D eigenvalue weighted by Crippen LogP contribution is 2.18. The second-order valence-electron chi connectivity index (χ2n) is 4.39. The summed E-state index contributed by atoms with van der Waals surface area (Å²) >= 11 is 0. The minimum absolute atomic E-state index is 0.319. The second-order valence-corrected chi connectivity index (χ2v) is 4.39. The van der Waals surface area contributed by atoms with E-state index in [0.717, 1.165) is 24.0 Å². The highest BCUT2D eigenvalue weighted by molar-refractivity contribution is 5.93. The first kappa shape index (κ1) is 11.5. The van der Waals surface area contributed by atoms with E-state index in [1.165, 1.54) is 0 Å². The first-order valence-corrected chi connectivity index (χ1v) is 6.02. The van der Waals surface area contributed by atoms with E-state index in [4.69, 9.17) is 5.11 Å². The number of aromatic nitrogens is 3. The van der Waals surface area contributed by atoms with Crippen molar-refractivity contribution in [1.29, 1.82) is 0 Å². The number of hydrogen-bond acceptors (Lipinski definition) is 2. The molecule has 0 radical (unpaired) electrons. The minimum Gasteiger partial charge on any atom is -0.478 e. The maximum Gasteiger partial charge on any atom is 0.335 e. The zero-order valence-electron chi connectivity index (χ0n) is 10.2. The largest absolute Gasteiger partial charge is 0.478 e. The first-order chi connectivity index (χ1) is 9.24. The van der Waals surface area contributed by atoms with Crippen molar-refractivity contribution < 1.29 is 9.90 Å². The van der Waals surface area contributed by atoms with Crippen molar-refractivity contribution in [3.05, 3.63) is 54.7 Å². The van der Waals surface area contributed by atoms with Crippen molar-refractivity contribution >= 4 is 16.9 Å². The van der Waals surface area contributed by atoms with Crippen LogP contribution < -0.4 is 0 Å². The molecule has 5 heteroatoms. The van der Waals surface area contributed by atoms with Crippen LogP contribution in [0.3, 0.4) is 0 Å². The number of carboxylic acid groups (broad SMARTS) is 1. The summed E-state index contributed by atoms with van der Waals surface area (Å²) in [4.78, 5) is 14.9. The van der Waals surface area contributed by atoms with Crippen molar-refractivity contribution in [2.45, 2.75) is 13.1 Å². The third-order valence-electron chi connectivity index (χ3n) is 3.18. The lowest BCUT2D eigenvalue weighted by Gasteiger charge is -2.06. The van der Waals surface area contributed by atoms with E-state index in [2.05, 4.69) is 9.55 Å². The van der Waals surface area contributed by atoms with Crippen LogP contribution >= 0.6 is 0 Å². The molecule has 3 aromatic rings. The molecular weight excluding hydrogens is 242 g/mol. The normalized spacial score (nSPS) is 10.9. The van der Waals surface area contributed by atoms with Crippen LogP contribution in [-0.2, 0) is 13.1 Å². The van der Waals surface area contributed by atoms with E-state index in [1.807, 2.05) is 29.1 Å². The van der Waals surface area contributed by atoms with Gasteiger partial charge in [0, 0.05) is 42.6 Å². The molecule has 0 spiro atoms. The molecule has 2 heterocycles. The molecule has 0 fully saturated rings. The standard InChI is InChI=1S/C14H13N3O2/c18-14(19)12-1-2-13-11(9-12)3-5-17(13)8-7-16-6-4-15-10-16/h1-6,9-10H,7-8H2,(H,18,19). The Balaban J connectivity index is 1.86. The van der Waals surface area contributed by atoms with Gasteiger partial charge in [0.1, 0.15) is 0 Å². The number of carboxylic acids is 1. The second kappa shape index (κ2) is 4.61. The third kappa shape index (κ3) is 2.22. The van der Waals surface area contributed by atoms with Crippen LogP contribution in [0.5, 0.6) is 0 Å². The van der Waals surface area contributed by atoms with E-state index in [1.54, 1.807) is 24.7 Å². The highest BCUT2D eigenvalue weighted by atomic mass is 16.4. The zero-order chi connectivity index (χ0) is 13.2. The molecule has 0 saturated heterocycles. The predicted octanol–water partition coefficient (Wildman–Crippen LogP) is 2.24. The lowest BCUT2D eigenvalue weighted by molar-refractivity contribution is 0.0697. The van der Waals surface area contributed by atoms with E-state index in [9.17, 15) is 4.79 Å². The maximum absolute atomic E-state index is 10.9. The number of carbonyl (C=O) groups is 1. The van der Waals surface area contributed by atoms with Gasteiger partial charge in [-0.3, -0.25) is 0 Å². The van der Waals surface area contributed by atoms with Crippen LogP contribution in [0.25, 0.3) is 10.9 Å². The van der Waals surface area contributed by atoms with E-state index in [-0.39, 0.29) is 0 Å². The summed E-state index contributed by atoms with van der Waals surface area (Å²) in [6, 6.07) is 7.13.